The molecule has 28 heavy (non-hydrogen) atoms. The number of aromatic hydroxyl groups is 2. The van der Waals surface area contributed by atoms with E-state index in [0.29, 0.717) is 29.1 Å². The molecule has 0 aliphatic carbocycles. The van der Waals surface area contributed by atoms with E-state index >= 15 is 0 Å². The van der Waals surface area contributed by atoms with Gasteiger partial charge in [-0.2, -0.15) is 0 Å². The van der Waals surface area contributed by atoms with Gasteiger partial charge in [-0.25, -0.2) is 13.6 Å². The number of benzene rings is 3. The summed E-state index contributed by atoms with van der Waals surface area (Å²) in [4.78, 5) is 0.0110. The summed E-state index contributed by atoms with van der Waals surface area (Å²) in [6, 6.07) is 18.3. The minimum atomic E-state index is -3.79. The number of phenolic OH excluding ortho intramolecular Hbond substituents is 2. The van der Waals surface area contributed by atoms with Gasteiger partial charge in [-0.1, -0.05) is 24.3 Å². The van der Waals surface area contributed by atoms with Crippen molar-refractivity contribution in [1.29, 1.82) is 0 Å². The Kier molecular flexibility index (Phi) is 4.33. The zero-order chi connectivity index (χ0) is 19.9. The number of ether oxygens (including phenoxy) is 1. The maximum atomic E-state index is 11.5. The fourth-order valence-electron chi connectivity index (χ4n) is 3.17. The molecule has 0 atom stereocenters. The number of hydrogen-bond acceptors (Lipinski definition) is 5. The summed E-state index contributed by atoms with van der Waals surface area (Å²) in [7, 11) is -3.79. The van der Waals surface area contributed by atoms with Crippen molar-refractivity contribution in [3.63, 3.8) is 0 Å². The van der Waals surface area contributed by atoms with Crippen LogP contribution in [0.4, 0.5) is 0 Å². The lowest BCUT2D eigenvalue weighted by Crippen LogP contribution is -2.12. The van der Waals surface area contributed by atoms with Crippen molar-refractivity contribution in [3.05, 3.63) is 83.4 Å². The minimum Gasteiger partial charge on any atom is -0.504 e. The van der Waals surface area contributed by atoms with Crippen LogP contribution in [0.5, 0.6) is 17.2 Å². The highest BCUT2D eigenvalue weighted by Gasteiger charge is 2.23. The molecule has 0 radical (unpaired) electrons. The largest absolute Gasteiger partial charge is 0.504 e. The smallest absolute Gasteiger partial charge is 0.238 e. The number of fused-ring (bicyclic) bond motifs is 1. The second kappa shape index (κ2) is 6.70. The van der Waals surface area contributed by atoms with Crippen LogP contribution in [0.25, 0.3) is 11.3 Å². The molecule has 0 bridgehead atoms. The molecular weight excluding hydrogens is 378 g/mol. The average molecular weight is 395 g/mol. The van der Waals surface area contributed by atoms with Gasteiger partial charge in [0.25, 0.3) is 0 Å². The molecule has 0 spiro atoms. The van der Waals surface area contributed by atoms with Gasteiger partial charge in [-0.05, 0) is 53.6 Å². The van der Waals surface area contributed by atoms with E-state index in [-0.39, 0.29) is 16.4 Å². The third-order valence-electron chi connectivity index (χ3n) is 4.59. The molecule has 1 aliphatic heterocycles. The van der Waals surface area contributed by atoms with E-state index in [0.717, 1.165) is 11.1 Å². The Morgan fingerprint density at radius 2 is 1.54 bits per heavy atom. The molecule has 3 aromatic carbocycles. The Hall–Kier alpha value is -3.29. The van der Waals surface area contributed by atoms with E-state index < -0.39 is 10.0 Å². The molecule has 0 amide bonds. The molecule has 6 nitrogen and oxygen atoms in total. The predicted octanol–water partition coefficient (Wildman–Crippen LogP) is 3.25. The van der Waals surface area contributed by atoms with Crippen molar-refractivity contribution in [1.82, 2.24) is 0 Å². The summed E-state index contributed by atoms with van der Waals surface area (Å²) >= 11 is 0. The zero-order valence-electron chi connectivity index (χ0n) is 14.7. The molecule has 0 saturated carbocycles. The van der Waals surface area contributed by atoms with Gasteiger partial charge in [0.15, 0.2) is 11.5 Å². The van der Waals surface area contributed by atoms with Gasteiger partial charge in [0.05, 0.1) is 4.90 Å². The fourth-order valence-corrected chi connectivity index (χ4v) is 3.68. The molecule has 7 heteroatoms. The lowest BCUT2D eigenvalue weighted by atomic mass is 9.92. The SMILES string of the molecule is NS(=O)(=O)c1ccc(C2=C(c3ccc(O)c(O)c3)Cc3ccccc3O2)cc1. The Balaban J connectivity index is 1.87. The number of sulfonamides is 1. The van der Waals surface area contributed by atoms with Gasteiger partial charge in [0.2, 0.25) is 10.0 Å². The predicted molar refractivity (Wildman–Crippen MR) is 105 cm³/mol. The third kappa shape index (κ3) is 3.33. The van der Waals surface area contributed by atoms with E-state index in [1.807, 2.05) is 24.3 Å². The van der Waals surface area contributed by atoms with Crippen LogP contribution in [-0.4, -0.2) is 18.6 Å². The first-order chi connectivity index (χ1) is 13.3. The van der Waals surface area contributed by atoms with Crippen molar-refractivity contribution in [3.8, 4) is 17.2 Å². The zero-order valence-corrected chi connectivity index (χ0v) is 15.5. The van der Waals surface area contributed by atoms with Gasteiger partial charge in [-0.3, -0.25) is 0 Å². The van der Waals surface area contributed by atoms with Crippen LogP contribution in [0.2, 0.25) is 0 Å². The van der Waals surface area contributed by atoms with E-state index in [4.69, 9.17) is 9.88 Å². The summed E-state index contributed by atoms with van der Waals surface area (Å²) in [6.07, 6.45) is 0.548. The maximum absolute atomic E-state index is 11.5. The van der Waals surface area contributed by atoms with Crippen molar-refractivity contribution < 1.29 is 23.4 Å². The molecule has 1 aliphatic rings. The van der Waals surface area contributed by atoms with Crippen LogP contribution in [0.1, 0.15) is 16.7 Å². The molecular formula is C21H17NO5S. The van der Waals surface area contributed by atoms with Gasteiger partial charge in [-0.15, -0.1) is 0 Å². The lowest BCUT2D eigenvalue weighted by molar-refractivity contribution is 0.403. The molecule has 0 unspecified atom stereocenters. The van der Waals surface area contributed by atoms with Crippen LogP contribution in [0.3, 0.4) is 0 Å². The van der Waals surface area contributed by atoms with Gasteiger partial charge >= 0.3 is 0 Å². The van der Waals surface area contributed by atoms with E-state index in [9.17, 15) is 18.6 Å². The summed E-state index contributed by atoms with van der Waals surface area (Å²) < 4.78 is 29.2. The Morgan fingerprint density at radius 3 is 2.21 bits per heavy atom. The first-order valence-electron chi connectivity index (χ1n) is 8.47. The number of primary sulfonamides is 1. The molecule has 4 N–H and O–H groups in total. The number of allylic oxidation sites excluding steroid dienone is 1. The molecule has 0 fully saturated rings. The van der Waals surface area contributed by atoms with Crippen molar-refractivity contribution in [2.45, 2.75) is 11.3 Å². The molecule has 142 valence electrons. The van der Waals surface area contributed by atoms with E-state index in [2.05, 4.69) is 0 Å². The lowest BCUT2D eigenvalue weighted by Gasteiger charge is -2.24. The Morgan fingerprint density at radius 1 is 0.857 bits per heavy atom. The van der Waals surface area contributed by atoms with E-state index in [1.54, 1.807) is 18.2 Å². The normalized spacial score (nSPS) is 13.8. The monoisotopic (exact) mass is 395 g/mol. The van der Waals surface area contributed by atoms with Crippen LogP contribution < -0.4 is 9.88 Å². The highest BCUT2D eigenvalue weighted by Crippen LogP contribution is 2.40. The van der Waals surface area contributed by atoms with Gasteiger partial charge in [0, 0.05) is 17.6 Å². The van der Waals surface area contributed by atoms with Crippen molar-refractivity contribution in [2.75, 3.05) is 0 Å². The summed E-state index contributed by atoms with van der Waals surface area (Å²) in [5.74, 6) is 0.817. The number of para-hydroxylation sites is 1. The third-order valence-corrected chi connectivity index (χ3v) is 5.52. The molecule has 0 saturated heterocycles. The second-order valence-corrected chi connectivity index (χ2v) is 8.03. The second-order valence-electron chi connectivity index (χ2n) is 6.47. The number of phenols is 2. The molecule has 3 aromatic rings. The summed E-state index contributed by atoms with van der Waals surface area (Å²) in [6.45, 7) is 0. The summed E-state index contributed by atoms with van der Waals surface area (Å²) in [5, 5.41) is 24.7. The van der Waals surface area contributed by atoms with Gasteiger partial charge in [0.1, 0.15) is 11.5 Å². The minimum absolute atomic E-state index is 0.0110. The highest BCUT2D eigenvalue weighted by atomic mass is 32.2. The topological polar surface area (TPSA) is 110 Å². The quantitative estimate of drug-likeness (QED) is 0.590. The van der Waals surface area contributed by atoms with Crippen LogP contribution in [0, 0.1) is 0 Å². The van der Waals surface area contributed by atoms with Crippen LogP contribution in [-0.2, 0) is 16.4 Å². The van der Waals surface area contributed by atoms with Gasteiger partial charge < -0.3 is 14.9 Å². The van der Waals surface area contributed by atoms with Crippen LogP contribution in [0.15, 0.2) is 71.6 Å². The summed E-state index contributed by atoms with van der Waals surface area (Å²) in [5.41, 5.74) is 3.15. The van der Waals surface area contributed by atoms with Crippen molar-refractivity contribution >= 4 is 21.4 Å². The maximum Gasteiger partial charge on any atom is 0.238 e. The number of rotatable bonds is 3. The molecule has 0 aromatic heterocycles. The Labute approximate surface area is 162 Å². The first kappa shape index (κ1) is 18.1. The standard InChI is InChI=1S/C21H17NO5S/c22-28(25,26)16-8-5-13(6-9-16)21-17(14-7-10-18(23)19(24)12-14)11-15-3-1-2-4-20(15)27-21/h1-10,12,23-24H,11H2,(H2,22,25,26). The Bertz CT molecular complexity index is 1200. The highest BCUT2D eigenvalue weighted by molar-refractivity contribution is 7.89. The number of hydrogen-bond donors (Lipinski definition) is 3. The molecule has 1 heterocycles. The number of nitrogens with two attached hydrogens (primary N) is 1. The first-order valence-corrected chi connectivity index (χ1v) is 10.0. The van der Waals surface area contributed by atoms with Crippen molar-refractivity contribution in [2.24, 2.45) is 5.14 Å². The van der Waals surface area contributed by atoms with E-state index in [1.165, 1.54) is 24.3 Å². The molecule has 4 rings (SSSR count). The van der Waals surface area contributed by atoms with Crippen LogP contribution >= 0.6 is 0 Å². The fraction of sp³-hybridized carbons (Fsp3) is 0.0476. The average Bonchev–Trinajstić information content (AvgIpc) is 2.68.